The fourth-order valence-corrected chi connectivity index (χ4v) is 3.52. The molecule has 162 valence electrons. The van der Waals surface area contributed by atoms with Crippen LogP contribution in [0.15, 0.2) is 79.0 Å². The molecule has 0 atom stereocenters. The molecule has 0 radical (unpaired) electrons. The normalized spacial score (nSPS) is 10.7. The largest absolute Gasteiger partial charge is 0.494 e. The van der Waals surface area contributed by atoms with Gasteiger partial charge in [-0.3, -0.25) is 9.59 Å². The lowest BCUT2D eigenvalue weighted by molar-refractivity contribution is -0.116. The van der Waals surface area contributed by atoms with Gasteiger partial charge >= 0.3 is 0 Å². The molecule has 1 aromatic heterocycles. The van der Waals surface area contributed by atoms with Crippen LogP contribution < -0.4 is 15.4 Å². The van der Waals surface area contributed by atoms with Crippen LogP contribution >= 0.6 is 0 Å². The number of benzene rings is 3. The predicted octanol–water partition coefficient (Wildman–Crippen LogP) is 5.39. The minimum absolute atomic E-state index is 0.0677. The summed E-state index contributed by atoms with van der Waals surface area (Å²) >= 11 is 0. The van der Waals surface area contributed by atoms with Gasteiger partial charge in [-0.25, -0.2) is 0 Å². The molecule has 0 bridgehead atoms. The number of nitrogens with one attached hydrogen (secondary N) is 3. The van der Waals surface area contributed by atoms with Crippen molar-refractivity contribution in [1.82, 2.24) is 4.98 Å². The highest BCUT2D eigenvalue weighted by Crippen LogP contribution is 2.20. The molecule has 3 aromatic carbocycles. The van der Waals surface area contributed by atoms with Gasteiger partial charge in [-0.15, -0.1) is 0 Å². The average molecular weight is 428 g/mol. The van der Waals surface area contributed by atoms with Gasteiger partial charge in [0.25, 0.3) is 5.91 Å². The number of ether oxygens (including phenoxy) is 1. The zero-order valence-corrected chi connectivity index (χ0v) is 17.9. The Kier molecular flexibility index (Phi) is 6.51. The van der Waals surface area contributed by atoms with Crippen LogP contribution in [0.25, 0.3) is 10.9 Å². The number of H-pyrrole nitrogens is 1. The first-order valence-corrected chi connectivity index (χ1v) is 10.6. The van der Waals surface area contributed by atoms with Gasteiger partial charge in [0, 0.05) is 40.5 Å². The SMILES string of the molecule is CCOc1ccc(NC(=O)c2ccc(NC(=O)CCc3c[nH]c4ccccc34)cc2)cc1. The lowest BCUT2D eigenvalue weighted by atomic mass is 10.1. The second kappa shape index (κ2) is 9.83. The van der Waals surface area contributed by atoms with Crippen LogP contribution in [0.5, 0.6) is 5.75 Å². The average Bonchev–Trinajstić information content (AvgIpc) is 3.23. The van der Waals surface area contributed by atoms with E-state index in [4.69, 9.17) is 4.74 Å². The van der Waals surface area contributed by atoms with Crippen molar-refractivity contribution in [2.75, 3.05) is 17.2 Å². The minimum Gasteiger partial charge on any atom is -0.494 e. The predicted molar refractivity (Wildman–Crippen MR) is 127 cm³/mol. The van der Waals surface area contributed by atoms with E-state index in [-0.39, 0.29) is 11.8 Å². The second-order valence-electron chi connectivity index (χ2n) is 7.40. The molecule has 0 saturated carbocycles. The maximum absolute atomic E-state index is 12.5. The number of hydrogen-bond acceptors (Lipinski definition) is 3. The topological polar surface area (TPSA) is 83.2 Å². The van der Waals surface area contributed by atoms with Crippen LogP contribution in [0.1, 0.15) is 29.3 Å². The number of amides is 2. The summed E-state index contributed by atoms with van der Waals surface area (Å²) in [6.45, 7) is 2.52. The van der Waals surface area contributed by atoms with Gasteiger partial charge in [0.2, 0.25) is 5.91 Å². The number of aromatic nitrogens is 1. The smallest absolute Gasteiger partial charge is 0.255 e. The summed E-state index contributed by atoms with van der Waals surface area (Å²) in [6.07, 6.45) is 2.98. The molecule has 0 aliphatic heterocycles. The van der Waals surface area contributed by atoms with E-state index in [0.29, 0.717) is 36.4 Å². The summed E-state index contributed by atoms with van der Waals surface area (Å²) in [5.74, 6) is 0.475. The Morgan fingerprint density at radius 2 is 1.56 bits per heavy atom. The zero-order valence-electron chi connectivity index (χ0n) is 17.9. The zero-order chi connectivity index (χ0) is 22.3. The van der Waals surface area contributed by atoms with Crippen LogP contribution in [-0.4, -0.2) is 23.4 Å². The first-order chi connectivity index (χ1) is 15.6. The van der Waals surface area contributed by atoms with E-state index in [1.807, 2.05) is 43.5 Å². The molecule has 0 aliphatic rings. The maximum atomic E-state index is 12.5. The van der Waals surface area contributed by atoms with Crippen LogP contribution in [0.2, 0.25) is 0 Å². The molecule has 4 rings (SSSR count). The van der Waals surface area contributed by atoms with Crippen molar-refractivity contribution in [2.45, 2.75) is 19.8 Å². The Morgan fingerprint density at radius 1 is 0.875 bits per heavy atom. The van der Waals surface area contributed by atoms with Gasteiger partial charge < -0.3 is 20.4 Å². The Bertz CT molecular complexity index is 1210. The van der Waals surface area contributed by atoms with Crippen molar-refractivity contribution in [3.63, 3.8) is 0 Å². The summed E-state index contributed by atoms with van der Waals surface area (Å²) in [7, 11) is 0. The number of rotatable bonds is 8. The van der Waals surface area contributed by atoms with Gasteiger partial charge in [-0.05, 0) is 73.5 Å². The van der Waals surface area contributed by atoms with E-state index >= 15 is 0 Å². The minimum atomic E-state index is -0.216. The number of carbonyl (C=O) groups excluding carboxylic acids is 2. The van der Waals surface area contributed by atoms with Gasteiger partial charge in [0.15, 0.2) is 0 Å². The third-order valence-corrected chi connectivity index (χ3v) is 5.15. The van der Waals surface area contributed by atoms with Crippen LogP contribution in [0, 0.1) is 0 Å². The molecule has 6 heteroatoms. The molecule has 0 unspecified atom stereocenters. The van der Waals surface area contributed by atoms with Gasteiger partial charge in [0.05, 0.1) is 6.61 Å². The molecular formula is C26H25N3O3. The summed E-state index contributed by atoms with van der Waals surface area (Å²) in [5, 5.41) is 6.89. The summed E-state index contributed by atoms with van der Waals surface area (Å²) in [5.41, 5.74) is 4.05. The number of aryl methyl sites for hydroxylation is 1. The molecule has 2 amide bonds. The Hall–Kier alpha value is -4.06. The van der Waals surface area contributed by atoms with Gasteiger partial charge in [0.1, 0.15) is 5.75 Å². The van der Waals surface area contributed by atoms with Crippen LogP contribution in [0.4, 0.5) is 11.4 Å². The van der Waals surface area contributed by atoms with E-state index in [2.05, 4.69) is 21.7 Å². The molecule has 3 N–H and O–H groups in total. The highest BCUT2D eigenvalue weighted by molar-refractivity contribution is 6.04. The first kappa shape index (κ1) is 21.2. The highest BCUT2D eigenvalue weighted by atomic mass is 16.5. The summed E-state index contributed by atoms with van der Waals surface area (Å²) in [6, 6.07) is 22.1. The standard InChI is InChI=1S/C26H25N3O3/c1-2-32-22-14-12-21(13-15-22)29-26(31)18-7-10-20(11-8-18)28-25(30)16-9-19-17-27-24-6-4-3-5-23(19)24/h3-8,10-15,17,27H,2,9,16H2,1H3,(H,28,30)(H,29,31). The van der Waals surface area contributed by atoms with E-state index in [1.165, 1.54) is 0 Å². The number of fused-ring (bicyclic) bond motifs is 1. The number of anilines is 2. The first-order valence-electron chi connectivity index (χ1n) is 10.6. The van der Waals surface area contributed by atoms with Gasteiger partial charge in [-0.1, -0.05) is 18.2 Å². The Labute approximate surface area is 186 Å². The van der Waals surface area contributed by atoms with Crippen molar-refractivity contribution < 1.29 is 14.3 Å². The van der Waals surface area contributed by atoms with Crippen molar-refractivity contribution in [1.29, 1.82) is 0 Å². The Balaban J connectivity index is 1.29. The molecule has 0 aliphatic carbocycles. The fourth-order valence-electron chi connectivity index (χ4n) is 3.52. The molecule has 4 aromatic rings. The van der Waals surface area contributed by atoms with E-state index in [9.17, 15) is 9.59 Å². The summed E-state index contributed by atoms with van der Waals surface area (Å²) in [4.78, 5) is 28.1. The molecule has 6 nitrogen and oxygen atoms in total. The van der Waals surface area contributed by atoms with Gasteiger partial charge in [-0.2, -0.15) is 0 Å². The maximum Gasteiger partial charge on any atom is 0.255 e. The summed E-state index contributed by atoms with van der Waals surface area (Å²) < 4.78 is 5.40. The number of aromatic amines is 1. The molecule has 1 heterocycles. The molecule has 0 spiro atoms. The van der Waals surface area contributed by atoms with E-state index in [1.54, 1.807) is 36.4 Å². The third-order valence-electron chi connectivity index (χ3n) is 5.15. The third kappa shape index (κ3) is 5.16. The van der Waals surface area contributed by atoms with Crippen molar-refractivity contribution in [3.8, 4) is 5.75 Å². The molecule has 0 fully saturated rings. The van der Waals surface area contributed by atoms with Crippen molar-refractivity contribution in [2.24, 2.45) is 0 Å². The van der Waals surface area contributed by atoms with Crippen molar-refractivity contribution >= 4 is 34.1 Å². The number of para-hydroxylation sites is 1. The number of hydrogen-bond donors (Lipinski definition) is 3. The van der Waals surface area contributed by atoms with E-state index < -0.39 is 0 Å². The fraction of sp³-hybridized carbons (Fsp3) is 0.154. The lowest BCUT2D eigenvalue weighted by Gasteiger charge is -2.09. The monoisotopic (exact) mass is 427 g/mol. The lowest BCUT2D eigenvalue weighted by Crippen LogP contribution is -2.14. The Morgan fingerprint density at radius 3 is 2.31 bits per heavy atom. The van der Waals surface area contributed by atoms with Crippen LogP contribution in [0.3, 0.4) is 0 Å². The van der Waals surface area contributed by atoms with E-state index in [0.717, 1.165) is 22.2 Å². The molecule has 0 saturated heterocycles. The number of carbonyl (C=O) groups is 2. The molecule has 32 heavy (non-hydrogen) atoms. The van der Waals surface area contributed by atoms with Crippen LogP contribution in [-0.2, 0) is 11.2 Å². The quantitative estimate of drug-likeness (QED) is 0.352. The molecular weight excluding hydrogens is 402 g/mol. The van der Waals surface area contributed by atoms with Crippen molar-refractivity contribution in [3.05, 3.63) is 90.1 Å². The highest BCUT2D eigenvalue weighted by Gasteiger charge is 2.09. The second-order valence-corrected chi connectivity index (χ2v) is 7.40.